The normalized spacial score (nSPS) is 15.4. The van der Waals surface area contributed by atoms with Gasteiger partial charge in [0.15, 0.2) is 0 Å². The molecule has 2 amide bonds. The fraction of sp³-hybridized carbons (Fsp3) is 0.500. The van der Waals surface area contributed by atoms with Gasteiger partial charge in [0.2, 0.25) is 21.8 Å². The Hall–Kier alpha value is -2.42. The monoisotopic (exact) mass is 547 g/mol. The maximum atomic E-state index is 13.5. The number of halogens is 1. The number of hydrogen-bond acceptors (Lipinski definition) is 4. The lowest BCUT2D eigenvalue weighted by molar-refractivity contribution is -0.141. The highest BCUT2D eigenvalue weighted by atomic mass is 35.5. The zero-order valence-electron chi connectivity index (χ0n) is 21.7. The molecule has 1 fully saturated rings. The van der Waals surface area contributed by atoms with E-state index in [-0.39, 0.29) is 42.3 Å². The molecule has 0 aromatic heterocycles. The molecular formula is C28H38ClN3O4S. The second kappa shape index (κ2) is 13.9. The number of nitrogens with one attached hydrogen (secondary N) is 1. The number of carbonyl (C=O) groups is 2. The summed E-state index contributed by atoms with van der Waals surface area (Å²) in [5.41, 5.74) is 0.880. The van der Waals surface area contributed by atoms with E-state index in [0.717, 1.165) is 31.2 Å². The Labute approximate surface area is 226 Å². The quantitative estimate of drug-likeness (QED) is 0.405. The minimum Gasteiger partial charge on any atom is -0.352 e. The molecule has 2 aromatic rings. The summed E-state index contributed by atoms with van der Waals surface area (Å²) in [7, 11) is -2.11. The van der Waals surface area contributed by atoms with Gasteiger partial charge in [0.25, 0.3) is 0 Å². The lowest BCUT2D eigenvalue weighted by atomic mass is 9.95. The first-order valence-electron chi connectivity index (χ1n) is 13.1. The average molecular weight is 548 g/mol. The van der Waals surface area contributed by atoms with Crippen LogP contribution in [-0.2, 0) is 26.2 Å². The van der Waals surface area contributed by atoms with Crippen molar-refractivity contribution in [2.24, 2.45) is 0 Å². The predicted octanol–water partition coefficient (Wildman–Crippen LogP) is 5.00. The average Bonchev–Trinajstić information content (AvgIpc) is 2.90. The van der Waals surface area contributed by atoms with Crippen LogP contribution >= 0.6 is 11.6 Å². The molecular weight excluding hydrogens is 510 g/mol. The summed E-state index contributed by atoms with van der Waals surface area (Å²) in [4.78, 5) is 28.6. The van der Waals surface area contributed by atoms with Crippen LogP contribution in [0.25, 0.3) is 0 Å². The fourth-order valence-electron chi connectivity index (χ4n) is 4.74. The van der Waals surface area contributed by atoms with Gasteiger partial charge in [-0.1, -0.05) is 68.1 Å². The van der Waals surface area contributed by atoms with Gasteiger partial charge < -0.3 is 10.2 Å². The van der Waals surface area contributed by atoms with E-state index in [2.05, 4.69) is 5.32 Å². The van der Waals surface area contributed by atoms with Crippen molar-refractivity contribution in [1.82, 2.24) is 14.5 Å². The van der Waals surface area contributed by atoms with E-state index in [4.69, 9.17) is 11.6 Å². The first kappa shape index (κ1) is 29.1. The minimum absolute atomic E-state index is 0.125. The van der Waals surface area contributed by atoms with Crippen LogP contribution in [0.5, 0.6) is 0 Å². The number of sulfonamides is 1. The van der Waals surface area contributed by atoms with Gasteiger partial charge in [-0.05, 0) is 55.5 Å². The van der Waals surface area contributed by atoms with Crippen LogP contribution < -0.4 is 5.32 Å². The molecule has 0 bridgehead atoms. The Morgan fingerprint density at radius 1 is 1.03 bits per heavy atom. The van der Waals surface area contributed by atoms with Gasteiger partial charge in [-0.15, -0.1) is 0 Å². The Morgan fingerprint density at radius 2 is 1.68 bits per heavy atom. The standard InChI is InChI=1S/C28H38ClN3O4S/c1-3-26(28(34)30-24-11-6-4-7-12-24)32(21-22-16-18-23(29)19-17-22)27(33)15-10-20-31(2)37(35,36)25-13-8-5-9-14-25/h5,8-9,13-14,16-19,24,26H,3-4,6-7,10-12,15,20-21H2,1-2H3,(H,30,34). The third-order valence-electron chi connectivity index (χ3n) is 6.92. The molecule has 0 heterocycles. The highest BCUT2D eigenvalue weighted by molar-refractivity contribution is 7.89. The van der Waals surface area contributed by atoms with Crippen LogP contribution in [-0.4, -0.2) is 55.1 Å². The zero-order valence-corrected chi connectivity index (χ0v) is 23.3. The summed E-state index contributed by atoms with van der Waals surface area (Å²) in [5, 5.41) is 3.77. The van der Waals surface area contributed by atoms with Gasteiger partial charge in [0, 0.05) is 37.6 Å². The predicted molar refractivity (Wildman–Crippen MR) is 147 cm³/mol. The molecule has 0 radical (unpaired) electrons. The number of benzene rings is 2. The highest BCUT2D eigenvalue weighted by Crippen LogP contribution is 2.21. The molecule has 1 aliphatic carbocycles. The van der Waals surface area contributed by atoms with E-state index in [0.29, 0.717) is 17.9 Å². The molecule has 0 aliphatic heterocycles. The van der Waals surface area contributed by atoms with E-state index in [9.17, 15) is 18.0 Å². The summed E-state index contributed by atoms with van der Waals surface area (Å²) in [6, 6.07) is 15.0. The van der Waals surface area contributed by atoms with E-state index >= 15 is 0 Å². The Morgan fingerprint density at radius 3 is 2.30 bits per heavy atom. The third-order valence-corrected chi connectivity index (χ3v) is 9.04. The van der Waals surface area contributed by atoms with E-state index in [1.165, 1.54) is 17.8 Å². The van der Waals surface area contributed by atoms with Crippen molar-refractivity contribution >= 4 is 33.4 Å². The first-order valence-corrected chi connectivity index (χ1v) is 14.9. The van der Waals surface area contributed by atoms with Crippen molar-refractivity contribution in [1.29, 1.82) is 0 Å². The van der Waals surface area contributed by atoms with E-state index in [1.54, 1.807) is 47.4 Å². The van der Waals surface area contributed by atoms with Crippen molar-refractivity contribution < 1.29 is 18.0 Å². The molecule has 0 spiro atoms. The molecule has 1 atom stereocenters. The second-order valence-electron chi connectivity index (χ2n) is 9.66. The topological polar surface area (TPSA) is 86.8 Å². The van der Waals surface area contributed by atoms with Crippen molar-refractivity contribution in [2.45, 2.75) is 81.8 Å². The lowest BCUT2D eigenvalue weighted by Crippen LogP contribution is -2.51. The van der Waals surface area contributed by atoms with Crippen molar-refractivity contribution in [3.8, 4) is 0 Å². The van der Waals surface area contributed by atoms with E-state index in [1.807, 2.05) is 19.1 Å². The molecule has 2 aromatic carbocycles. The fourth-order valence-corrected chi connectivity index (χ4v) is 6.10. The Kier molecular flexibility index (Phi) is 11.0. The Bertz CT molecular complexity index is 1120. The summed E-state index contributed by atoms with van der Waals surface area (Å²) in [6.07, 6.45) is 6.31. The molecule has 0 saturated heterocycles. The minimum atomic E-state index is -3.63. The maximum absolute atomic E-state index is 13.5. The number of rotatable bonds is 12. The van der Waals surface area contributed by atoms with Crippen LogP contribution in [0.15, 0.2) is 59.5 Å². The smallest absolute Gasteiger partial charge is 0.243 e. The largest absolute Gasteiger partial charge is 0.352 e. The molecule has 37 heavy (non-hydrogen) atoms. The molecule has 1 N–H and O–H groups in total. The van der Waals surface area contributed by atoms with Crippen molar-refractivity contribution in [2.75, 3.05) is 13.6 Å². The van der Waals surface area contributed by atoms with Gasteiger partial charge in [0.05, 0.1) is 4.90 Å². The molecule has 202 valence electrons. The number of nitrogens with zero attached hydrogens (tertiary/aromatic N) is 2. The number of amides is 2. The SMILES string of the molecule is CCC(C(=O)NC1CCCCC1)N(Cc1ccc(Cl)cc1)C(=O)CCCN(C)S(=O)(=O)c1ccccc1. The third kappa shape index (κ3) is 8.28. The van der Waals surface area contributed by atoms with E-state index < -0.39 is 16.1 Å². The highest BCUT2D eigenvalue weighted by Gasteiger charge is 2.30. The summed E-state index contributed by atoms with van der Waals surface area (Å²) >= 11 is 6.04. The zero-order chi connectivity index (χ0) is 26.8. The van der Waals surface area contributed by atoms with Crippen molar-refractivity contribution in [3.05, 3.63) is 65.2 Å². The van der Waals surface area contributed by atoms with Gasteiger partial charge in [-0.3, -0.25) is 9.59 Å². The summed E-state index contributed by atoms with van der Waals surface area (Å²) < 4.78 is 26.9. The second-order valence-corrected chi connectivity index (χ2v) is 12.1. The van der Waals surface area contributed by atoms with Gasteiger partial charge >= 0.3 is 0 Å². The van der Waals surface area contributed by atoms with Crippen LogP contribution in [0, 0.1) is 0 Å². The summed E-state index contributed by atoms with van der Waals surface area (Å²) in [6.45, 7) is 2.39. The molecule has 1 unspecified atom stereocenters. The van der Waals surface area contributed by atoms with Crippen LogP contribution in [0.4, 0.5) is 0 Å². The molecule has 7 nitrogen and oxygen atoms in total. The first-order chi connectivity index (χ1) is 17.7. The van der Waals surface area contributed by atoms with Crippen molar-refractivity contribution in [3.63, 3.8) is 0 Å². The number of carbonyl (C=O) groups excluding carboxylic acids is 2. The molecule has 3 rings (SSSR count). The number of hydrogen-bond donors (Lipinski definition) is 1. The summed E-state index contributed by atoms with van der Waals surface area (Å²) in [5.74, 6) is -0.299. The lowest BCUT2D eigenvalue weighted by Gasteiger charge is -2.33. The van der Waals surface area contributed by atoms with Crippen LogP contribution in [0.2, 0.25) is 5.02 Å². The van der Waals surface area contributed by atoms with Gasteiger partial charge in [0.1, 0.15) is 6.04 Å². The van der Waals surface area contributed by atoms with Crippen LogP contribution in [0.3, 0.4) is 0 Å². The van der Waals surface area contributed by atoms with Crippen LogP contribution in [0.1, 0.15) is 63.9 Å². The Balaban J connectivity index is 1.69. The molecule has 1 aliphatic rings. The van der Waals surface area contributed by atoms with Gasteiger partial charge in [-0.2, -0.15) is 0 Å². The van der Waals surface area contributed by atoms with Gasteiger partial charge in [-0.25, -0.2) is 12.7 Å². The maximum Gasteiger partial charge on any atom is 0.243 e. The molecule has 9 heteroatoms. The molecule has 1 saturated carbocycles.